The Bertz CT molecular complexity index is 431. The molecule has 0 unspecified atom stereocenters. The average molecular weight is 203 g/mol. The minimum Gasteiger partial charge on any atom is -0.330 e. The molecular weight excluding hydrogens is 190 g/mol. The number of hydrogen-bond acceptors (Lipinski definition) is 4. The summed E-state index contributed by atoms with van der Waals surface area (Å²) >= 11 is 0. The maximum absolute atomic E-state index is 5.48. The predicted molar refractivity (Wildman–Crippen MR) is 57.0 cm³/mol. The van der Waals surface area contributed by atoms with Crippen LogP contribution in [-0.4, -0.2) is 26.8 Å². The molecule has 5 nitrogen and oxygen atoms in total. The maximum atomic E-state index is 5.48. The van der Waals surface area contributed by atoms with Crippen LogP contribution in [0, 0.1) is 0 Å². The van der Waals surface area contributed by atoms with Crippen LogP contribution in [0.2, 0.25) is 0 Å². The zero-order chi connectivity index (χ0) is 10.7. The topological polar surface area (TPSA) is 69.6 Å². The zero-order valence-corrected chi connectivity index (χ0v) is 8.59. The summed E-state index contributed by atoms with van der Waals surface area (Å²) in [5.74, 6) is 0.772. The smallest absolute Gasteiger partial charge is 0.181 e. The number of rotatable bonds is 3. The van der Waals surface area contributed by atoms with E-state index in [0.717, 1.165) is 17.8 Å². The van der Waals surface area contributed by atoms with Gasteiger partial charge < -0.3 is 5.73 Å². The first-order valence-corrected chi connectivity index (χ1v) is 4.83. The molecule has 1 heterocycles. The summed E-state index contributed by atoms with van der Waals surface area (Å²) < 4.78 is 1.65. The lowest BCUT2D eigenvalue weighted by atomic mass is 10.1. The van der Waals surface area contributed by atoms with Gasteiger partial charge in [0.15, 0.2) is 5.82 Å². The van der Waals surface area contributed by atoms with Crippen molar-refractivity contribution < 1.29 is 0 Å². The van der Waals surface area contributed by atoms with Crippen molar-refractivity contribution in [1.82, 2.24) is 20.2 Å². The van der Waals surface area contributed by atoms with E-state index in [-0.39, 0.29) is 0 Å². The van der Waals surface area contributed by atoms with E-state index < -0.39 is 0 Å². The van der Waals surface area contributed by atoms with E-state index in [2.05, 4.69) is 27.7 Å². The van der Waals surface area contributed by atoms with Crippen molar-refractivity contribution in [3.8, 4) is 11.4 Å². The second-order valence-corrected chi connectivity index (χ2v) is 3.36. The van der Waals surface area contributed by atoms with Crippen molar-refractivity contribution in [3.63, 3.8) is 0 Å². The molecule has 0 aliphatic heterocycles. The van der Waals surface area contributed by atoms with Gasteiger partial charge in [-0.05, 0) is 29.0 Å². The summed E-state index contributed by atoms with van der Waals surface area (Å²) in [5, 5.41) is 11.3. The van der Waals surface area contributed by atoms with Gasteiger partial charge in [0.1, 0.15) is 0 Å². The van der Waals surface area contributed by atoms with Gasteiger partial charge in [0, 0.05) is 12.6 Å². The molecule has 1 aromatic heterocycles. The Kier molecular flexibility index (Phi) is 2.73. The maximum Gasteiger partial charge on any atom is 0.181 e. The molecule has 0 fully saturated rings. The highest BCUT2D eigenvalue weighted by Gasteiger charge is 2.04. The number of aromatic nitrogens is 4. The molecule has 0 aliphatic rings. The van der Waals surface area contributed by atoms with E-state index in [1.165, 1.54) is 5.56 Å². The zero-order valence-electron chi connectivity index (χ0n) is 8.59. The van der Waals surface area contributed by atoms with Crippen molar-refractivity contribution in [2.24, 2.45) is 12.8 Å². The molecule has 2 rings (SSSR count). The molecule has 0 amide bonds. The molecule has 1 aromatic carbocycles. The van der Waals surface area contributed by atoms with Gasteiger partial charge in [-0.2, -0.15) is 0 Å². The number of nitrogens with zero attached hydrogens (tertiary/aromatic N) is 4. The van der Waals surface area contributed by atoms with E-state index in [1.807, 2.05) is 19.2 Å². The summed E-state index contributed by atoms with van der Waals surface area (Å²) in [5.41, 5.74) is 7.73. The van der Waals surface area contributed by atoms with Gasteiger partial charge in [-0.25, -0.2) is 4.68 Å². The van der Waals surface area contributed by atoms with Crippen LogP contribution in [0.1, 0.15) is 5.56 Å². The number of hydrogen-bond donors (Lipinski definition) is 1. The molecule has 0 radical (unpaired) electrons. The second kappa shape index (κ2) is 4.18. The fourth-order valence-corrected chi connectivity index (χ4v) is 1.46. The van der Waals surface area contributed by atoms with E-state index in [9.17, 15) is 0 Å². The minimum atomic E-state index is 0.671. The standard InChI is InChI=1S/C10H13N5/c1-15-10(12-13-14-15)9-4-2-8(3-5-9)6-7-11/h2-5H,6-7,11H2,1H3. The van der Waals surface area contributed by atoms with Crippen LogP contribution >= 0.6 is 0 Å². The predicted octanol–water partition coefficient (Wildman–Crippen LogP) is 0.378. The van der Waals surface area contributed by atoms with Gasteiger partial charge in [-0.15, -0.1) is 5.10 Å². The summed E-state index contributed by atoms with van der Waals surface area (Å²) in [6, 6.07) is 8.13. The molecule has 15 heavy (non-hydrogen) atoms. The minimum absolute atomic E-state index is 0.671. The van der Waals surface area contributed by atoms with Gasteiger partial charge in [-0.1, -0.05) is 24.3 Å². The van der Waals surface area contributed by atoms with Gasteiger partial charge in [0.2, 0.25) is 0 Å². The van der Waals surface area contributed by atoms with Crippen LogP contribution in [-0.2, 0) is 13.5 Å². The largest absolute Gasteiger partial charge is 0.330 e. The molecule has 0 bridgehead atoms. The Labute approximate surface area is 87.9 Å². The molecule has 2 N–H and O–H groups in total. The number of aryl methyl sites for hydroxylation is 1. The van der Waals surface area contributed by atoms with E-state index in [0.29, 0.717) is 6.54 Å². The molecule has 0 saturated heterocycles. The van der Waals surface area contributed by atoms with Gasteiger partial charge in [0.25, 0.3) is 0 Å². The van der Waals surface area contributed by atoms with Crippen LogP contribution in [0.25, 0.3) is 11.4 Å². The van der Waals surface area contributed by atoms with E-state index in [1.54, 1.807) is 4.68 Å². The first-order chi connectivity index (χ1) is 7.31. The molecule has 0 saturated carbocycles. The van der Waals surface area contributed by atoms with Crippen LogP contribution in [0.5, 0.6) is 0 Å². The monoisotopic (exact) mass is 203 g/mol. The molecule has 0 spiro atoms. The lowest BCUT2D eigenvalue weighted by Gasteiger charge is -2.01. The summed E-state index contributed by atoms with van der Waals surface area (Å²) in [7, 11) is 1.82. The Morgan fingerprint density at radius 1 is 1.27 bits per heavy atom. The number of nitrogens with two attached hydrogens (primary N) is 1. The van der Waals surface area contributed by atoms with E-state index in [4.69, 9.17) is 5.73 Å². The quantitative estimate of drug-likeness (QED) is 0.782. The van der Waals surface area contributed by atoms with Crippen molar-refractivity contribution >= 4 is 0 Å². The Hall–Kier alpha value is -1.75. The van der Waals surface area contributed by atoms with E-state index >= 15 is 0 Å². The Morgan fingerprint density at radius 3 is 2.53 bits per heavy atom. The fraction of sp³-hybridized carbons (Fsp3) is 0.300. The first kappa shape index (κ1) is 9.79. The SMILES string of the molecule is Cn1nnnc1-c1ccc(CCN)cc1. The third-order valence-corrected chi connectivity index (χ3v) is 2.27. The lowest BCUT2D eigenvalue weighted by Crippen LogP contribution is -2.02. The van der Waals surface area contributed by atoms with Gasteiger partial charge in [-0.3, -0.25) is 0 Å². The summed E-state index contributed by atoms with van der Waals surface area (Å²) in [6.07, 6.45) is 0.900. The normalized spacial score (nSPS) is 10.5. The summed E-state index contributed by atoms with van der Waals surface area (Å²) in [6.45, 7) is 0.671. The number of benzene rings is 1. The molecule has 78 valence electrons. The summed E-state index contributed by atoms with van der Waals surface area (Å²) in [4.78, 5) is 0. The first-order valence-electron chi connectivity index (χ1n) is 4.83. The molecule has 0 aliphatic carbocycles. The fourth-order valence-electron chi connectivity index (χ4n) is 1.46. The van der Waals surface area contributed by atoms with Gasteiger partial charge in [0.05, 0.1) is 0 Å². The lowest BCUT2D eigenvalue weighted by molar-refractivity contribution is 0.714. The highest BCUT2D eigenvalue weighted by Crippen LogP contribution is 2.15. The average Bonchev–Trinajstić information content (AvgIpc) is 2.66. The van der Waals surface area contributed by atoms with Crippen molar-refractivity contribution in [2.75, 3.05) is 6.54 Å². The van der Waals surface area contributed by atoms with Crippen LogP contribution < -0.4 is 5.73 Å². The third kappa shape index (κ3) is 2.02. The van der Waals surface area contributed by atoms with Gasteiger partial charge >= 0.3 is 0 Å². The highest BCUT2D eigenvalue weighted by atomic mass is 15.5. The van der Waals surface area contributed by atoms with Crippen molar-refractivity contribution in [3.05, 3.63) is 29.8 Å². The molecule has 5 heteroatoms. The van der Waals surface area contributed by atoms with Crippen LogP contribution in [0.15, 0.2) is 24.3 Å². The third-order valence-electron chi connectivity index (χ3n) is 2.27. The molecule has 0 atom stereocenters. The van der Waals surface area contributed by atoms with Crippen LogP contribution in [0.4, 0.5) is 0 Å². The highest BCUT2D eigenvalue weighted by molar-refractivity contribution is 5.54. The molecule has 2 aromatic rings. The van der Waals surface area contributed by atoms with Crippen LogP contribution in [0.3, 0.4) is 0 Å². The molecular formula is C10H13N5. The second-order valence-electron chi connectivity index (χ2n) is 3.36. The number of tetrazole rings is 1. The van der Waals surface area contributed by atoms with Crippen molar-refractivity contribution in [1.29, 1.82) is 0 Å². The Morgan fingerprint density at radius 2 is 2.00 bits per heavy atom. The Balaban J connectivity index is 2.28. The van der Waals surface area contributed by atoms with Crippen molar-refractivity contribution in [2.45, 2.75) is 6.42 Å².